The molecule has 0 saturated carbocycles. The molecule has 124 valence electrons. The SMILES string of the molecule is CC(=O)c1cccc(S(=O)(=O)Nc2ccc3c(c2)CCC(=O)N3)c1. The number of fused-ring (bicyclic) bond motifs is 1. The van der Waals surface area contributed by atoms with Gasteiger partial charge in [0.2, 0.25) is 5.91 Å². The number of ketones is 1. The Kier molecular flexibility index (Phi) is 4.11. The summed E-state index contributed by atoms with van der Waals surface area (Å²) in [7, 11) is -3.80. The van der Waals surface area contributed by atoms with Crippen molar-refractivity contribution in [1.29, 1.82) is 0 Å². The minimum atomic E-state index is -3.80. The first-order valence-corrected chi connectivity index (χ1v) is 8.90. The maximum absolute atomic E-state index is 12.5. The van der Waals surface area contributed by atoms with Gasteiger partial charge in [-0.05, 0) is 49.2 Å². The number of carbonyl (C=O) groups is 2. The highest BCUT2D eigenvalue weighted by molar-refractivity contribution is 7.92. The largest absolute Gasteiger partial charge is 0.326 e. The van der Waals surface area contributed by atoms with Crippen LogP contribution in [0.5, 0.6) is 0 Å². The third kappa shape index (κ3) is 3.30. The fourth-order valence-electron chi connectivity index (χ4n) is 2.54. The van der Waals surface area contributed by atoms with Crippen molar-refractivity contribution in [3.63, 3.8) is 0 Å². The molecule has 7 heteroatoms. The van der Waals surface area contributed by atoms with E-state index in [9.17, 15) is 18.0 Å². The molecule has 0 aromatic heterocycles. The average Bonchev–Trinajstić information content (AvgIpc) is 2.55. The predicted molar refractivity (Wildman–Crippen MR) is 90.6 cm³/mol. The molecule has 0 saturated heterocycles. The third-order valence-corrected chi connectivity index (χ3v) is 5.18. The van der Waals surface area contributed by atoms with Gasteiger partial charge in [0.25, 0.3) is 10.0 Å². The van der Waals surface area contributed by atoms with Gasteiger partial charge in [-0.2, -0.15) is 0 Å². The van der Waals surface area contributed by atoms with Gasteiger partial charge >= 0.3 is 0 Å². The van der Waals surface area contributed by atoms with Crippen molar-refractivity contribution in [2.24, 2.45) is 0 Å². The molecule has 0 bridgehead atoms. The van der Waals surface area contributed by atoms with Crippen molar-refractivity contribution >= 4 is 33.1 Å². The second-order valence-electron chi connectivity index (χ2n) is 5.61. The van der Waals surface area contributed by atoms with Gasteiger partial charge < -0.3 is 5.32 Å². The number of benzene rings is 2. The van der Waals surface area contributed by atoms with Crippen molar-refractivity contribution in [2.75, 3.05) is 10.0 Å². The van der Waals surface area contributed by atoms with Gasteiger partial charge in [-0.25, -0.2) is 8.42 Å². The fourth-order valence-corrected chi connectivity index (χ4v) is 3.64. The number of Topliss-reactive ketones (excluding diaryl/α,β-unsaturated/α-hetero) is 1. The molecule has 2 N–H and O–H groups in total. The molecule has 2 aromatic carbocycles. The molecule has 0 spiro atoms. The molecule has 0 atom stereocenters. The van der Waals surface area contributed by atoms with Crippen LogP contribution in [0.3, 0.4) is 0 Å². The van der Waals surface area contributed by atoms with Crippen LogP contribution in [-0.2, 0) is 21.2 Å². The number of amides is 1. The minimum Gasteiger partial charge on any atom is -0.326 e. The van der Waals surface area contributed by atoms with E-state index in [2.05, 4.69) is 10.0 Å². The maximum atomic E-state index is 12.5. The highest BCUT2D eigenvalue weighted by Gasteiger charge is 2.18. The normalized spacial score (nSPS) is 13.8. The van der Waals surface area contributed by atoms with Gasteiger partial charge in [0.15, 0.2) is 5.78 Å². The lowest BCUT2D eigenvalue weighted by molar-refractivity contribution is -0.116. The molecule has 1 aliphatic rings. The van der Waals surface area contributed by atoms with Crippen LogP contribution in [0.2, 0.25) is 0 Å². The number of hydrogen-bond donors (Lipinski definition) is 2. The van der Waals surface area contributed by atoms with E-state index in [-0.39, 0.29) is 16.6 Å². The van der Waals surface area contributed by atoms with E-state index in [0.717, 1.165) is 5.56 Å². The number of carbonyl (C=O) groups excluding carboxylic acids is 2. The molecule has 1 aliphatic heterocycles. The highest BCUT2D eigenvalue weighted by atomic mass is 32.2. The Morgan fingerprint density at radius 1 is 1.12 bits per heavy atom. The summed E-state index contributed by atoms with van der Waals surface area (Å²) in [5.41, 5.74) is 2.34. The quantitative estimate of drug-likeness (QED) is 0.834. The van der Waals surface area contributed by atoms with Gasteiger partial charge in [0.05, 0.1) is 4.90 Å². The first-order valence-electron chi connectivity index (χ1n) is 7.42. The predicted octanol–water partition coefficient (Wildman–Crippen LogP) is 2.57. The molecule has 24 heavy (non-hydrogen) atoms. The zero-order valence-electron chi connectivity index (χ0n) is 13.0. The van der Waals surface area contributed by atoms with Crippen LogP contribution in [0.25, 0.3) is 0 Å². The van der Waals surface area contributed by atoms with Crippen LogP contribution in [0, 0.1) is 0 Å². The summed E-state index contributed by atoms with van der Waals surface area (Å²) in [4.78, 5) is 22.8. The smallest absolute Gasteiger partial charge is 0.261 e. The summed E-state index contributed by atoms with van der Waals surface area (Å²) in [5.74, 6) is -0.242. The van der Waals surface area contributed by atoms with Gasteiger partial charge in [-0.3, -0.25) is 14.3 Å². The lowest BCUT2D eigenvalue weighted by Crippen LogP contribution is -2.19. The number of hydrogen-bond acceptors (Lipinski definition) is 4. The van der Waals surface area contributed by atoms with Crippen molar-refractivity contribution in [1.82, 2.24) is 0 Å². The van der Waals surface area contributed by atoms with E-state index in [4.69, 9.17) is 0 Å². The van der Waals surface area contributed by atoms with E-state index in [1.54, 1.807) is 24.3 Å². The second-order valence-corrected chi connectivity index (χ2v) is 7.29. The van der Waals surface area contributed by atoms with E-state index in [1.165, 1.54) is 25.1 Å². The summed E-state index contributed by atoms with van der Waals surface area (Å²) in [6.07, 6.45) is 0.945. The van der Waals surface area contributed by atoms with Crippen LogP contribution >= 0.6 is 0 Å². The summed E-state index contributed by atoms with van der Waals surface area (Å²) in [5, 5.41) is 2.75. The van der Waals surface area contributed by atoms with Gasteiger partial charge in [0.1, 0.15) is 0 Å². The summed E-state index contributed by atoms with van der Waals surface area (Å²) in [6.45, 7) is 1.39. The number of aryl methyl sites for hydroxylation is 1. The van der Waals surface area contributed by atoms with Crippen LogP contribution < -0.4 is 10.0 Å². The first-order chi connectivity index (χ1) is 11.3. The fraction of sp³-hybridized carbons (Fsp3) is 0.176. The standard InChI is InChI=1S/C17H16N2O4S/c1-11(20)12-3-2-4-15(10-12)24(22,23)19-14-6-7-16-13(9-14)5-8-17(21)18-16/h2-4,6-7,9-10,19H,5,8H2,1H3,(H,18,21). The summed E-state index contributed by atoms with van der Waals surface area (Å²) in [6, 6.07) is 10.9. The zero-order valence-corrected chi connectivity index (χ0v) is 13.8. The minimum absolute atomic E-state index is 0.0289. The lowest BCUT2D eigenvalue weighted by Gasteiger charge is -2.18. The lowest BCUT2D eigenvalue weighted by atomic mass is 10.0. The van der Waals surface area contributed by atoms with Crippen LogP contribution in [0.4, 0.5) is 11.4 Å². The molecule has 0 unspecified atom stereocenters. The zero-order chi connectivity index (χ0) is 17.3. The van der Waals surface area contributed by atoms with Gasteiger partial charge in [-0.1, -0.05) is 12.1 Å². The number of sulfonamides is 1. The van der Waals surface area contributed by atoms with Gasteiger partial charge in [-0.15, -0.1) is 0 Å². The maximum Gasteiger partial charge on any atom is 0.261 e. The Bertz CT molecular complexity index is 935. The van der Waals surface area contributed by atoms with E-state index in [0.29, 0.717) is 29.8 Å². The van der Waals surface area contributed by atoms with E-state index in [1.807, 2.05) is 0 Å². The van der Waals surface area contributed by atoms with Crippen LogP contribution in [0.15, 0.2) is 47.4 Å². The first kappa shape index (κ1) is 16.2. The Balaban J connectivity index is 1.89. The highest BCUT2D eigenvalue weighted by Crippen LogP contribution is 2.27. The molecule has 1 amide bonds. The van der Waals surface area contributed by atoms with Crippen molar-refractivity contribution in [3.05, 3.63) is 53.6 Å². The Hall–Kier alpha value is -2.67. The van der Waals surface area contributed by atoms with Crippen molar-refractivity contribution in [2.45, 2.75) is 24.7 Å². The Labute approximate surface area is 139 Å². The number of rotatable bonds is 4. The molecular weight excluding hydrogens is 328 g/mol. The Morgan fingerprint density at radius 3 is 2.67 bits per heavy atom. The average molecular weight is 344 g/mol. The topological polar surface area (TPSA) is 92.3 Å². The summed E-state index contributed by atoms with van der Waals surface area (Å²) >= 11 is 0. The summed E-state index contributed by atoms with van der Waals surface area (Å²) < 4.78 is 27.5. The second kappa shape index (κ2) is 6.09. The van der Waals surface area contributed by atoms with Crippen molar-refractivity contribution < 1.29 is 18.0 Å². The molecule has 1 heterocycles. The van der Waals surface area contributed by atoms with Crippen LogP contribution in [-0.4, -0.2) is 20.1 Å². The van der Waals surface area contributed by atoms with E-state index < -0.39 is 10.0 Å². The van der Waals surface area contributed by atoms with Gasteiger partial charge in [0, 0.05) is 23.4 Å². The van der Waals surface area contributed by atoms with Crippen LogP contribution in [0.1, 0.15) is 29.3 Å². The third-order valence-electron chi connectivity index (χ3n) is 3.80. The number of anilines is 2. The molecule has 2 aromatic rings. The molecule has 3 rings (SSSR count). The molecule has 0 aliphatic carbocycles. The van der Waals surface area contributed by atoms with Crippen molar-refractivity contribution in [3.8, 4) is 0 Å². The molecule has 6 nitrogen and oxygen atoms in total. The Morgan fingerprint density at radius 2 is 1.92 bits per heavy atom. The molecule has 0 radical (unpaired) electrons. The molecular formula is C17H16N2O4S. The monoisotopic (exact) mass is 344 g/mol. The van der Waals surface area contributed by atoms with E-state index >= 15 is 0 Å². The number of nitrogens with one attached hydrogen (secondary N) is 2. The molecule has 0 fully saturated rings.